The number of fused-ring (bicyclic) bond motifs is 1. The van der Waals surface area contributed by atoms with Crippen LogP contribution in [0.25, 0.3) is 10.9 Å². The second-order valence-electron chi connectivity index (χ2n) is 8.12. The molecule has 0 spiro atoms. The number of halogens is 2. The van der Waals surface area contributed by atoms with Crippen LogP contribution in [0.1, 0.15) is 49.4 Å². The van der Waals surface area contributed by atoms with Crippen LogP contribution in [0.15, 0.2) is 44.7 Å². The number of benzene rings is 2. The van der Waals surface area contributed by atoms with E-state index in [1.54, 1.807) is 18.2 Å². The molecule has 1 aromatic heterocycles. The van der Waals surface area contributed by atoms with Crippen LogP contribution >= 0.6 is 27.5 Å². The monoisotopic (exact) mass is 546 g/mol. The molecule has 2 aromatic carbocycles. The van der Waals surface area contributed by atoms with E-state index >= 15 is 0 Å². The molecule has 4 rings (SSSR count). The van der Waals surface area contributed by atoms with E-state index in [9.17, 15) is 9.59 Å². The number of aromatic nitrogens is 2. The molecule has 8 nitrogen and oxygen atoms in total. The fourth-order valence-corrected chi connectivity index (χ4v) is 4.76. The van der Waals surface area contributed by atoms with Crippen molar-refractivity contribution >= 4 is 50.6 Å². The minimum absolute atomic E-state index is 0.161. The van der Waals surface area contributed by atoms with E-state index in [1.807, 2.05) is 12.1 Å². The normalized spacial score (nSPS) is 14.6. The first-order valence-corrected chi connectivity index (χ1v) is 12.1. The maximum atomic E-state index is 13.4. The molecular formula is C24H24BrClN4O4. The van der Waals surface area contributed by atoms with E-state index in [0.29, 0.717) is 28.0 Å². The summed E-state index contributed by atoms with van der Waals surface area (Å²) in [5.74, 6) is 0.714. The molecule has 1 amide bonds. The van der Waals surface area contributed by atoms with Gasteiger partial charge in [0.15, 0.2) is 18.1 Å². The average molecular weight is 548 g/mol. The Balaban J connectivity index is 1.78. The molecule has 1 aliphatic carbocycles. The lowest BCUT2D eigenvalue weighted by atomic mass is 9.88. The molecule has 1 aliphatic rings. The van der Waals surface area contributed by atoms with Gasteiger partial charge in [0.05, 0.1) is 29.2 Å². The second kappa shape index (κ2) is 10.6. The Morgan fingerprint density at radius 2 is 2.06 bits per heavy atom. The van der Waals surface area contributed by atoms with Crippen molar-refractivity contribution in [1.82, 2.24) is 9.66 Å². The van der Waals surface area contributed by atoms with Crippen molar-refractivity contribution in [1.29, 1.82) is 0 Å². The van der Waals surface area contributed by atoms with Crippen LogP contribution in [0.4, 0.5) is 0 Å². The predicted octanol–water partition coefficient (Wildman–Crippen LogP) is 4.62. The molecule has 0 atom stereocenters. The van der Waals surface area contributed by atoms with E-state index in [-0.39, 0.29) is 28.9 Å². The van der Waals surface area contributed by atoms with Crippen LogP contribution in [0, 0.1) is 0 Å². The number of carbonyl (C=O) groups is 1. The van der Waals surface area contributed by atoms with Crippen LogP contribution < -0.4 is 20.8 Å². The molecule has 0 saturated heterocycles. The summed E-state index contributed by atoms with van der Waals surface area (Å²) in [5.41, 5.74) is 6.16. The lowest BCUT2D eigenvalue weighted by Gasteiger charge is -2.22. The predicted molar refractivity (Wildman–Crippen MR) is 135 cm³/mol. The number of ether oxygens (including phenoxy) is 2. The molecule has 0 radical (unpaired) electrons. The SMILES string of the molecule is COc1cc(C=Nn2c(C3CCCCC3)nc3ccc(Br)cc3c2=O)cc(Cl)c1OCC(N)=O. The lowest BCUT2D eigenvalue weighted by molar-refractivity contribution is -0.119. The third-order valence-corrected chi connectivity index (χ3v) is 6.51. The van der Waals surface area contributed by atoms with Crippen LogP contribution in [0.2, 0.25) is 5.02 Å². The molecule has 3 aromatic rings. The highest BCUT2D eigenvalue weighted by molar-refractivity contribution is 9.10. The van der Waals surface area contributed by atoms with Crippen molar-refractivity contribution in [3.63, 3.8) is 0 Å². The van der Waals surface area contributed by atoms with Crippen molar-refractivity contribution in [3.8, 4) is 11.5 Å². The largest absolute Gasteiger partial charge is 0.493 e. The van der Waals surface area contributed by atoms with E-state index in [1.165, 1.54) is 24.4 Å². The first-order chi connectivity index (χ1) is 16.4. The molecule has 178 valence electrons. The van der Waals surface area contributed by atoms with Gasteiger partial charge in [0.1, 0.15) is 5.82 Å². The zero-order chi connectivity index (χ0) is 24.2. The smallest absolute Gasteiger partial charge is 0.282 e. The molecule has 1 saturated carbocycles. The van der Waals surface area contributed by atoms with E-state index in [0.717, 1.165) is 30.2 Å². The summed E-state index contributed by atoms with van der Waals surface area (Å²) in [6.07, 6.45) is 6.86. The van der Waals surface area contributed by atoms with E-state index in [4.69, 9.17) is 31.8 Å². The molecule has 1 heterocycles. The summed E-state index contributed by atoms with van der Waals surface area (Å²) in [7, 11) is 1.46. The van der Waals surface area contributed by atoms with E-state index in [2.05, 4.69) is 21.0 Å². The van der Waals surface area contributed by atoms with Crippen LogP contribution in [0.3, 0.4) is 0 Å². The van der Waals surface area contributed by atoms with Crippen LogP contribution in [0.5, 0.6) is 11.5 Å². The Morgan fingerprint density at radius 3 is 2.76 bits per heavy atom. The maximum absolute atomic E-state index is 13.4. The van der Waals surface area contributed by atoms with Gasteiger partial charge in [-0.1, -0.05) is 46.8 Å². The summed E-state index contributed by atoms with van der Waals surface area (Å²) in [5, 5.41) is 5.23. The molecule has 0 bridgehead atoms. The van der Waals surface area contributed by atoms with Gasteiger partial charge in [0, 0.05) is 10.4 Å². The maximum Gasteiger partial charge on any atom is 0.282 e. The van der Waals surface area contributed by atoms with Gasteiger partial charge in [-0.15, -0.1) is 0 Å². The highest BCUT2D eigenvalue weighted by Crippen LogP contribution is 2.36. The number of nitrogens with zero attached hydrogens (tertiary/aromatic N) is 3. The second-order valence-corrected chi connectivity index (χ2v) is 9.44. The third-order valence-electron chi connectivity index (χ3n) is 5.74. The molecule has 1 fully saturated rings. The minimum Gasteiger partial charge on any atom is -0.493 e. The van der Waals surface area contributed by atoms with E-state index < -0.39 is 5.91 Å². The summed E-state index contributed by atoms with van der Waals surface area (Å²) in [4.78, 5) is 29.3. The highest BCUT2D eigenvalue weighted by atomic mass is 79.9. The summed E-state index contributed by atoms with van der Waals surface area (Å²) in [6, 6.07) is 8.74. The average Bonchev–Trinajstić information content (AvgIpc) is 2.83. The van der Waals surface area contributed by atoms with Gasteiger partial charge in [-0.2, -0.15) is 9.78 Å². The van der Waals surface area contributed by atoms with Crippen molar-refractivity contribution in [2.24, 2.45) is 10.8 Å². The zero-order valence-corrected chi connectivity index (χ0v) is 20.9. The molecular weight excluding hydrogens is 524 g/mol. The standard InChI is InChI=1S/C24H24BrClN4O4/c1-33-20-10-14(9-18(26)22(20)34-13-21(27)31)12-28-30-23(15-5-3-2-4-6-15)29-19-8-7-16(25)11-17(19)24(30)32/h7-12,15H,2-6,13H2,1H3,(H2,27,31). The molecule has 10 heteroatoms. The number of primary amides is 1. The summed E-state index contributed by atoms with van der Waals surface area (Å²) >= 11 is 9.78. The van der Waals surface area contributed by atoms with Crippen molar-refractivity contribution < 1.29 is 14.3 Å². The van der Waals surface area contributed by atoms with Gasteiger partial charge >= 0.3 is 0 Å². The van der Waals surface area contributed by atoms with Gasteiger partial charge in [-0.3, -0.25) is 9.59 Å². The van der Waals surface area contributed by atoms with Crippen LogP contribution in [-0.4, -0.2) is 35.5 Å². The molecule has 34 heavy (non-hydrogen) atoms. The highest BCUT2D eigenvalue weighted by Gasteiger charge is 2.22. The number of hydrogen-bond acceptors (Lipinski definition) is 6. The number of hydrogen-bond donors (Lipinski definition) is 1. The van der Waals surface area contributed by atoms with Gasteiger partial charge in [-0.05, 0) is 48.7 Å². The summed E-state index contributed by atoms with van der Waals surface area (Å²) in [6.45, 7) is -0.331. The van der Waals surface area contributed by atoms with Crippen molar-refractivity contribution in [2.75, 3.05) is 13.7 Å². The quantitative estimate of drug-likeness (QED) is 0.434. The number of rotatable bonds is 7. The Bertz CT molecular complexity index is 1320. The number of carbonyl (C=O) groups excluding carboxylic acids is 1. The summed E-state index contributed by atoms with van der Waals surface area (Å²) < 4.78 is 12.9. The van der Waals surface area contributed by atoms with Gasteiger partial charge in [0.2, 0.25) is 0 Å². The number of methoxy groups -OCH3 is 1. The minimum atomic E-state index is -0.631. The Morgan fingerprint density at radius 1 is 1.29 bits per heavy atom. The van der Waals surface area contributed by atoms with Gasteiger partial charge in [0.25, 0.3) is 11.5 Å². The number of nitrogens with two attached hydrogens (primary N) is 1. The molecule has 0 unspecified atom stereocenters. The zero-order valence-electron chi connectivity index (χ0n) is 18.6. The van der Waals surface area contributed by atoms with Gasteiger partial charge < -0.3 is 15.2 Å². The topological polar surface area (TPSA) is 109 Å². The fraction of sp³-hybridized carbons (Fsp3) is 0.333. The Kier molecular flexibility index (Phi) is 7.53. The fourth-order valence-electron chi connectivity index (χ4n) is 4.12. The number of amides is 1. The first-order valence-electron chi connectivity index (χ1n) is 10.9. The van der Waals surface area contributed by atoms with Crippen LogP contribution in [-0.2, 0) is 4.79 Å². The lowest BCUT2D eigenvalue weighted by Crippen LogP contribution is -2.25. The van der Waals surface area contributed by atoms with Gasteiger partial charge in [-0.25, -0.2) is 4.98 Å². The molecule has 0 aliphatic heterocycles. The molecule has 2 N–H and O–H groups in total. The van der Waals surface area contributed by atoms with Crippen molar-refractivity contribution in [2.45, 2.75) is 38.0 Å². The van der Waals surface area contributed by atoms with Crippen molar-refractivity contribution in [3.05, 3.63) is 61.6 Å². The first kappa shape index (κ1) is 24.2. The Hall–Kier alpha value is -2.91. The third kappa shape index (κ3) is 5.26. The Labute approximate surface area is 209 Å².